The van der Waals surface area contributed by atoms with Gasteiger partial charge in [-0.15, -0.1) is 0 Å². The molecule has 2 aromatic heterocycles. The van der Waals surface area contributed by atoms with Crippen molar-refractivity contribution in [2.45, 2.75) is 18.9 Å². The number of fused-ring (bicyclic) bond motifs is 1. The Morgan fingerprint density at radius 2 is 2.30 bits per heavy atom. The highest BCUT2D eigenvalue weighted by molar-refractivity contribution is 6.05. The molecule has 0 spiro atoms. The Morgan fingerprint density at radius 1 is 1.43 bits per heavy atom. The van der Waals surface area contributed by atoms with Crippen molar-refractivity contribution in [3.63, 3.8) is 0 Å². The predicted molar refractivity (Wildman–Crippen MR) is 82.3 cm³/mol. The number of hydrogen-bond donors (Lipinski definition) is 1. The molecule has 7 heteroatoms. The molecule has 0 saturated carbocycles. The molecule has 4 rings (SSSR count). The minimum Gasteiger partial charge on any atom is -0.344 e. The molecule has 1 fully saturated rings. The normalized spacial score (nSPS) is 18.0. The van der Waals surface area contributed by atoms with Gasteiger partial charge >= 0.3 is 0 Å². The second-order valence-corrected chi connectivity index (χ2v) is 5.86. The fourth-order valence-electron chi connectivity index (χ4n) is 3.30. The van der Waals surface area contributed by atoms with Crippen LogP contribution in [0.5, 0.6) is 0 Å². The summed E-state index contributed by atoms with van der Waals surface area (Å²) in [4.78, 5) is 21.8. The lowest BCUT2D eigenvalue weighted by Gasteiger charge is -2.24. The van der Waals surface area contributed by atoms with Crippen molar-refractivity contribution < 1.29 is 9.18 Å². The quantitative estimate of drug-likeness (QED) is 0.790. The predicted octanol–water partition coefficient (Wildman–Crippen LogP) is 2.41. The summed E-state index contributed by atoms with van der Waals surface area (Å²) in [6.07, 6.45) is 6.99. The molecule has 23 heavy (non-hydrogen) atoms. The summed E-state index contributed by atoms with van der Waals surface area (Å²) in [6, 6.07) is 2.60. The van der Waals surface area contributed by atoms with Crippen LogP contribution in [0.3, 0.4) is 0 Å². The van der Waals surface area contributed by atoms with Gasteiger partial charge in [0.1, 0.15) is 11.3 Å². The molecule has 1 unspecified atom stereocenters. The molecule has 1 N–H and O–H groups in total. The molecule has 3 heterocycles. The van der Waals surface area contributed by atoms with Crippen LogP contribution in [-0.2, 0) is 7.05 Å². The van der Waals surface area contributed by atoms with Gasteiger partial charge in [0.25, 0.3) is 5.91 Å². The van der Waals surface area contributed by atoms with Crippen molar-refractivity contribution in [3.05, 3.63) is 47.8 Å². The zero-order chi connectivity index (χ0) is 16.0. The van der Waals surface area contributed by atoms with Gasteiger partial charge in [-0.25, -0.2) is 9.37 Å². The molecule has 0 bridgehead atoms. The average molecular weight is 313 g/mol. The molecule has 118 valence electrons. The van der Waals surface area contributed by atoms with E-state index in [1.807, 2.05) is 13.2 Å². The third-order valence-corrected chi connectivity index (χ3v) is 4.34. The van der Waals surface area contributed by atoms with E-state index >= 15 is 0 Å². The number of aromatic nitrogens is 4. The highest BCUT2D eigenvalue weighted by Gasteiger charge is 2.32. The Kier molecular flexibility index (Phi) is 3.14. The standard InChI is InChI=1S/C16H16FN5O/c1-21-8-10(7-20-21)14-3-2-4-22(14)16(23)12-5-11(17)6-13-15(12)19-9-18-13/h5-9,14H,2-4H2,1H3,(H,18,19). The SMILES string of the molecule is Cn1cc(C2CCCN2C(=O)c2cc(F)cc3[nH]cnc23)cn1. The number of nitrogens with zero attached hydrogens (tertiary/aromatic N) is 4. The minimum atomic E-state index is -0.442. The van der Waals surface area contributed by atoms with Crippen LogP contribution in [0.2, 0.25) is 0 Å². The first kappa shape index (κ1) is 13.9. The van der Waals surface area contributed by atoms with Gasteiger partial charge in [0.05, 0.1) is 29.6 Å². The van der Waals surface area contributed by atoms with Crippen LogP contribution < -0.4 is 0 Å². The van der Waals surface area contributed by atoms with Gasteiger partial charge in [-0.3, -0.25) is 9.48 Å². The molecular weight excluding hydrogens is 297 g/mol. The minimum absolute atomic E-state index is 0.0199. The number of nitrogens with one attached hydrogen (secondary N) is 1. The van der Waals surface area contributed by atoms with Gasteiger partial charge in [0, 0.05) is 25.4 Å². The van der Waals surface area contributed by atoms with Crippen molar-refractivity contribution in [1.82, 2.24) is 24.6 Å². The number of likely N-dealkylation sites (tertiary alicyclic amines) is 1. The largest absolute Gasteiger partial charge is 0.344 e. The van der Waals surface area contributed by atoms with E-state index in [9.17, 15) is 9.18 Å². The summed E-state index contributed by atoms with van der Waals surface area (Å²) in [5.74, 6) is -0.629. The third-order valence-electron chi connectivity index (χ3n) is 4.34. The maximum absolute atomic E-state index is 13.8. The van der Waals surface area contributed by atoms with Crippen molar-refractivity contribution in [2.24, 2.45) is 7.05 Å². The number of carbonyl (C=O) groups is 1. The summed E-state index contributed by atoms with van der Waals surface area (Å²) in [7, 11) is 1.85. The van der Waals surface area contributed by atoms with E-state index < -0.39 is 5.82 Å². The van der Waals surface area contributed by atoms with E-state index in [2.05, 4.69) is 15.1 Å². The monoisotopic (exact) mass is 313 g/mol. The van der Waals surface area contributed by atoms with Gasteiger partial charge in [-0.05, 0) is 25.0 Å². The van der Waals surface area contributed by atoms with Crippen molar-refractivity contribution in [2.75, 3.05) is 6.54 Å². The molecule has 1 atom stereocenters. The van der Waals surface area contributed by atoms with E-state index in [-0.39, 0.29) is 11.9 Å². The number of imidazole rings is 1. The Hall–Kier alpha value is -2.70. The maximum atomic E-state index is 13.8. The summed E-state index contributed by atoms with van der Waals surface area (Å²) in [5, 5.41) is 4.18. The van der Waals surface area contributed by atoms with Gasteiger partial charge < -0.3 is 9.88 Å². The number of halogens is 1. The van der Waals surface area contributed by atoms with E-state index in [0.29, 0.717) is 23.1 Å². The third kappa shape index (κ3) is 2.28. The van der Waals surface area contributed by atoms with E-state index in [0.717, 1.165) is 18.4 Å². The van der Waals surface area contributed by atoms with Crippen LogP contribution in [0.1, 0.15) is 34.8 Å². The van der Waals surface area contributed by atoms with Crippen molar-refractivity contribution in [3.8, 4) is 0 Å². The van der Waals surface area contributed by atoms with Crippen molar-refractivity contribution >= 4 is 16.9 Å². The number of H-pyrrole nitrogens is 1. The molecule has 1 amide bonds. The number of hydrogen-bond acceptors (Lipinski definition) is 3. The first-order valence-corrected chi connectivity index (χ1v) is 7.55. The molecule has 3 aromatic rings. The molecule has 1 saturated heterocycles. The van der Waals surface area contributed by atoms with Crippen LogP contribution in [-0.4, -0.2) is 37.1 Å². The molecular formula is C16H16FN5O. The first-order chi connectivity index (χ1) is 11.1. The molecule has 0 radical (unpaired) electrons. The smallest absolute Gasteiger partial charge is 0.256 e. The van der Waals surface area contributed by atoms with Crippen LogP contribution >= 0.6 is 0 Å². The van der Waals surface area contributed by atoms with Gasteiger partial charge in [0.15, 0.2) is 0 Å². The number of benzene rings is 1. The zero-order valence-electron chi connectivity index (χ0n) is 12.7. The number of rotatable bonds is 2. The number of amides is 1. The molecule has 6 nitrogen and oxygen atoms in total. The van der Waals surface area contributed by atoms with E-state index in [1.54, 1.807) is 15.8 Å². The topological polar surface area (TPSA) is 66.8 Å². The lowest BCUT2D eigenvalue weighted by Crippen LogP contribution is -2.30. The zero-order valence-corrected chi connectivity index (χ0v) is 12.7. The second kappa shape index (κ2) is 5.19. The Bertz CT molecular complexity index is 884. The first-order valence-electron chi connectivity index (χ1n) is 7.55. The number of carbonyl (C=O) groups excluding carboxylic acids is 1. The maximum Gasteiger partial charge on any atom is 0.256 e. The van der Waals surface area contributed by atoms with E-state index in [4.69, 9.17) is 0 Å². The second-order valence-electron chi connectivity index (χ2n) is 5.86. The van der Waals surface area contributed by atoms with Gasteiger partial charge in [-0.2, -0.15) is 5.10 Å². The lowest BCUT2D eigenvalue weighted by atomic mass is 10.1. The summed E-state index contributed by atoms with van der Waals surface area (Å²) < 4.78 is 15.5. The van der Waals surface area contributed by atoms with Crippen LogP contribution in [0.25, 0.3) is 11.0 Å². The van der Waals surface area contributed by atoms with Crippen LogP contribution in [0.4, 0.5) is 4.39 Å². The summed E-state index contributed by atoms with van der Waals surface area (Å²) in [5.41, 5.74) is 2.35. The number of aryl methyl sites for hydroxylation is 1. The van der Waals surface area contributed by atoms with Crippen molar-refractivity contribution in [1.29, 1.82) is 0 Å². The van der Waals surface area contributed by atoms with Gasteiger partial charge in [-0.1, -0.05) is 0 Å². The Balaban J connectivity index is 1.73. The molecule has 1 aliphatic rings. The van der Waals surface area contributed by atoms with E-state index in [1.165, 1.54) is 18.5 Å². The fourth-order valence-corrected chi connectivity index (χ4v) is 3.30. The highest BCUT2D eigenvalue weighted by atomic mass is 19.1. The summed E-state index contributed by atoms with van der Waals surface area (Å²) in [6.45, 7) is 0.654. The van der Waals surface area contributed by atoms with Crippen LogP contribution in [0, 0.1) is 5.82 Å². The molecule has 0 aliphatic carbocycles. The fraction of sp³-hybridized carbons (Fsp3) is 0.312. The molecule has 1 aromatic carbocycles. The lowest BCUT2D eigenvalue weighted by molar-refractivity contribution is 0.0737. The van der Waals surface area contributed by atoms with Gasteiger partial charge in [0.2, 0.25) is 0 Å². The Labute approximate surface area is 131 Å². The highest BCUT2D eigenvalue weighted by Crippen LogP contribution is 2.33. The average Bonchev–Trinajstić information content (AvgIpc) is 3.24. The van der Waals surface area contributed by atoms with Crippen LogP contribution in [0.15, 0.2) is 30.9 Å². The summed E-state index contributed by atoms with van der Waals surface area (Å²) >= 11 is 0. The molecule has 1 aliphatic heterocycles. The Morgan fingerprint density at radius 3 is 3.09 bits per heavy atom. The number of aromatic amines is 1.